The van der Waals surface area contributed by atoms with Gasteiger partial charge in [-0.1, -0.05) is 36.4 Å². The van der Waals surface area contributed by atoms with Crippen LogP contribution >= 0.6 is 0 Å². The van der Waals surface area contributed by atoms with Crippen molar-refractivity contribution in [3.05, 3.63) is 65.7 Å². The Bertz CT molecular complexity index is 817. The lowest BCUT2D eigenvalue weighted by molar-refractivity contribution is -0.117. The summed E-state index contributed by atoms with van der Waals surface area (Å²) >= 11 is 0. The van der Waals surface area contributed by atoms with Crippen LogP contribution in [0.4, 0.5) is 5.69 Å². The molecule has 140 valence electrons. The predicted molar refractivity (Wildman–Crippen MR) is 105 cm³/mol. The maximum Gasteiger partial charge on any atom is 0.251 e. The fraction of sp³-hybridized carbons (Fsp3) is 0.364. The maximum atomic E-state index is 12.6. The van der Waals surface area contributed by atoms with E-state index in [0.29, 0.717) is 11.3 Å². The van der Waals surface area contributed by atoms with Gasteiger partial charge in [-0.05, 0) is 43.0 Å². The van der Waals surface area contributed by atoms with Crippen molar-refractivity contribution in [2.24, 2.45) is 5.92 Å². The first-order valence-corrected chi connectivity index (χ1v) is 9.65. The molecule has 1 heterocycles. The lowest BCUT2D eigenvalue weighted by Crippen LogP contribution is -2.37. The van der Waals surface area contributed by atoms with Crippen molar-refractivity contribution in [3.8, 4) is 0 Å². The molecule has 0 spiro atoms. The molecule has 0 aromatic heterocycles. The number of benzene rings is 2. The summed E-state index contributed by atoms with van der Waals surface area (Å²) in [4.78, 5) is 26.9. The number of likely N-dealkylation sites (tertiary alicyclic amines) is 1. The third-order valence-corrected chi connectivity index (χ3v) is 5.20. The number of nitrogens with one attached hydrogen (secondary N) is 2. The molecule has 1 aliphatic heterocycles. The number of carbonyl (C=O) groups excluding carboxylic acids is 2. The third-order valence-electron chi connectivity index (χ3n) is 5.20. The number of carbonyl (C=O) groups is 2. The first kappa shape index (κ1) is 17.7. The van der Waals surface area contributed by atoms with Crippen molar-refractivity contribution < 1.29 is 9.59 Å². The van der Waals surface area contributed by atoms with Gasteiger partial charge in [-0.25, -0.2) is 0 Å². The van der Waals surface area contributed by atoms with Crippen LogP contribution in [0.15, 0.2) is 54.6 Å². The molecule has 0 radical (unpaired) electrons. The van der Waals surface area contributed by atoms with Crippen molar-refractivity contribution >= 4 is 17.5 Å². The van der Waals surface area contributed by atoms with E-state index >= 15 is 0 Å². The molecule has 2 aromatic carbocycles. The molecule has 2 aromatic rings. The molecular weight excluding hydrogens is 338 g/mol. The fourth-order valence-corrected chi connectivity index (χ4v) is 3.53. The van der Waals surface area contributed by atoms with Gasteiger partial charge in [-0.2, -0.15) is 0 Å². The largest absolute Gasteiger partial charge is 0.348 e. The van der Waals surface area contributed by atoms with Gasteiger partial charge in [0.1, 0.15) is 0 Å². The topological polar surface area (TPSA) is 61.4 Å². The second-order valence-corrected chi connectivity index (χ2v) is 7.52. The van der Waals surface area contributed by atoms with Gasteiger partial charge in [0.25, 0.3) is 5.91 Å². The van der Waals surface area contributed by atoms with Gasteiger partial charge in [0, 0.05) is 42.8 Å². The van der Waals surface area contributed by atoms with Crippen molar-refractivity contribution in [1.82, 2.24) is 10.2 Å². The van der Waals surface area contributed by atoms with Crippen LogP contribution in [0.25, 0.3) is 0 Å². The summed E-state index contributed by atoms with van der Waals surface area (Å²) in [5.41, 5.74) is 2.57. The van der Waals surface area contributed by atoms with Gasteiger partial charge in [0.05, 0.1) is 0 Å². The molecule has 27 heavy (non-hydrogen) atoms. The van der Waals surface area contributed by atoms with E-state index in [0.717, 1.165) is 38.9 Å². The van der Waals surface area contributed by atoms with Crippen LogP contribution in [0.3, 0.4) is 0 Å². The maximum absolute atomic E-state index is 12.6. The Morgan fingerprint density at radius 2 is 1.81 bits per heavy atom. The molecule has 0 bridgehead atoms. The molecule has 2 fully saturated rings. The van der Waals surface area contributed by atoms with E-state index < -0.39 is 0 Å². The molecular formula is C22H25N3O2. The summed E-state index contributed by atoms with van der Waals surface area (Å²) < 4.78 is 0. The zero-order valence-corrected chi connectivity index (χ0v) is 15.4. The molecule has 1 atom stereocenters. The summed E-state index contributed by atoms with van der Waals surface area (Å²) in [6.07, 6.45) is 2.89. The normalized spacial score (nSPS) is 19.6. The quantitative estimate of drug-likeness (QED) is 0.829. The van der Waals surface area contributed by atoms with Crippen LogP contribution < -0.4 is 10.6 Å². The SMILES string of the molecule is O=C(NC1CCN(Cc2ccccc2)C1)c1cccc(NC(=O)C2CC2)c1. The highest BCUT2D eigenvalue weighted by Gasteiger charge is 2.29. The van der Waals surface area contributed by atoms with Crippen LogP contribution in [0, 0.1) is 5.92 Å². The van der Waals surface area contributed by atoms with Crippen molar-refractivity contribution in [2.45, 2.75) is 31.8 Å². The van der Waals surface area contributed by atoms with E-state index in [-0.39, 0.29) is 23.8 Å². The predicted octanol–water partition coefficient (Wildman–Crippen LogP) is 3.04. The molecule has 5 nitrogen and oxygen atoms in total. The van der Waals surface area contributed by atoms with E-state index in [1.54, 1.807) is 12.1 Å². The van der Waals surface area contributed by atoms with E-state index in [4.69, 9.17) is 0 Å². The van der Waals surface area contributed by atoms with Crippen LogP contribution in [-0.2, 0) is 11.3 Å². The minimum absolute atomic E-state index is 0.0555. The molecule has 1 saturated heterocycles. The van der Waals surface area contributed by atoms with Crippen LogP contribution in [0.2, 0.25) is 0 Å². The van der Waals surface area contributed by atoms with E-state index in [9.17, 15) is 9.59 Å². The van der Waals surface area contributed by atoms with Crippen LogP contribution in [-0.4, -0.2) is 35.8 Å². The summed E-state index contributed by atoms with van der Waals surface area (Å²) in [7, 11) is 0. The minimum Gasteiger partial charge on any atom is -0.348 e. The molecule has 1 aliphatic carbocycles. The molecule has 1 unspecified atom stereocenters. The Hall–Kier alpha value is -2.66. The number of rotatable bonds is 6. The Labute approximate surface area is 159 Å². The van der Waals surface area contributed by atoms with E-state index in [1.165, 1.54) is 5.56 Å². The number of hydrogen-bond acceptors (Lipinski definition) is 3. The summed E-state index contributed by atoms with van der Waals surface area (Å²) in [6.45, 7) is 2.76. The van der Waals surface area contributed by atoms with Crippen molar-refractivity contribution in [2.75, 3.05) is 18.4 Å². The van der Waals surface area contributed by atoms with Gasteiger partial charge < -0.3 is 10.6 Å². The monoisotopic (exact) mass is 363 g/mol. The summed E-state index contributed by atoms with van der Waals surface area (Å²) in [6, 6.07) is 17.7. The van der Waals surface area contributed by atoms with E-state index in [1.807, 2.05) is 18.2 Å². The molecule has 1 saturated carbocycles. The van der Waals surface area contributed by atoms with Crippen LogP contribution in [0.1, 0.15) is 35.2 Å². The van der Waals surface area contributed by atoms with Crippen molar-refractivity contribution in [1.29, 1.82) is 0 Å². The van der Waals surface area contributed by atoms with Crippen LogP contribution in [0.5, 0.6) is 0 Å². The van der Waals surface area contributed by atoms with Gasteiger partial charge in [0.15, 0.2) is 0 Å². The number of amides is 2. The first-order valence-electron chi connectivity index (χ1n) is 9.65. The third kappa shape index (κ3) is 4.74. The van der Waals surface area contributed by atoms with Crippen molar-refractivity contribution in [3.63, 3.8) is 0 Å². The Balaban J connectivity index is 1.30. The highest BCUT2D eigenvalue weighted by atomic mass is 16.2. The summed E-state index contributed by atoms with van der Waals surface area (Å²) in [5, 5.41) is 6.03. The van der Waals surface area contributed by atoms with E-state index in [2.05, 4.69) is 39.8 Å². The summed E-state index contributed by atoms with van der Waals surface area (Å²) in [5.74, 6) is 0.126. The first-order chi connectivity index (χ1) is 13.2. The Morgan fingerprint density at radius 1 is 1.00 bits per heavy atom. The second kappa shape index (κ2) is 7.92. The lowest BCUT2D eigenvalue weighted by atomic mass is 10.1. The Morgan fingerprint density at radius 3 is 2.59 bits per heavy atom. The fourth-order valence-electron chi connectivity index (χ4n) is 3.53. The second-order valence-electron chi connectivity index (χ2n) is 7.52. The highest BCUT2D eigenvalue weighted by molar-refractivity contribution is 5.98. The number of hydrogen-bond donors (Lipinski definition) is 2. The zero-order valence-electron chi connectivity index (χ0n) is 15.4. The molecule has 2 N–H and O–H groups in total. The average molecular weight is 363 g/mol. The number of nitrogens with zero attached hydrogens (tertiary/aromatic N) is 1. The lowest BCUT2D eigenvalue weighted by Gasteiger charge is -2.17. The minimum atomic E-state index is -0.0796. The standard InChI is InChI=1S/C22H25N3O2/c26-21(17-9-10-17)23-19-8-4-7-18(13-19)22(27)24-20-11-12-25(15-20)14-16-5-2-1-3-6-16/h1-8,13,17,20H,9-12,14-15H2,(H,23,26)(H,24,27). The Kier molecular flexibility index (Phi) is 5.21. The molecule has 2 aliphatic rings. The smallest absolute Gasteiger partial charge is 0.251 e. The molecule has 2 amide bonds. The van der Waals surface area contributed by atoms with Gasteiger partial charge in [-0.3, -0.25) is 14.5 Å². The molecule has 5 heteroatoms. The zero-order chi connectivity index (χ0) is 18.6. The highest BCUT2D eigenvalue weighted by Crippen LogP contribution is 2.30. The number of anilines is 1. The van der Waals surface area contributed by atoms with Gasteiger partial charge in [0.2, 0.25) is 5.91 Å². The van der Waals surface area contributed by atoms with Gasteiger partial charge >= 0.3 is 0 Å². The molecule has 4 rings (SSSR count). The average Bonchev–Trinajstić information content (AvgIpc) is 3.45. The van der Waals surface area contributed by atoms with Gasteiger partial charge in [-0.15, -0.1) is 0 Å².